The van der Waals surface area contributed by atoms with Gasteiger partial charge in [-0.05, 0) is 6.07 Å². The number of hydrogen-bond donors (Lipinski definition) is 3. The quantitative estimate of drug-likeness (QED) is 0.676. The van der Waals surface area contributed by atoms with Crippen LogP contribution in [0, 0.1) is 0 Å². The molecule has 2 atom stereocenters. The zero-order valence-corrected chi connectivity index (χ0v) is 8.76. The first kappa shape index (κ1) is 12.6. The van der Waals surface area contributed by atoms with Gasteiger partial charge in [0.1, 0.15) is 12.4 Å². The second kappa shape index (κ2) is 5.07. The van der Waals surface area contributed by atoms with Gasteiger partial charge >= 0.3 is 5.97 Å². The van der Waals surface area contributed by atoms with Crippen molar-refractivity contribution in [1.82, 2.24) is 0 Å². The molecule has 0 heterocycles. The zero-order valence-electron chi connectivity index (χ0n) is 8.00. The topological polar surface area (TPSA) is 94.8 Å². The van der Waals surface area contributed by atoms with Gasteiger partial charge in [0.05, 0.1) is 0 Å². The Morgan fingerprint density at radius 1 is 1.38 bits per heavy atom. The first-order valence-electron chi connectivity index (χ1n) is 4.31. The maximum Gasteiger partial charge on any atom is 0.335 e. The SMILES string of the molecule is O=Cc1ccc(C(O)C(O)C(=O)O)c(Cl)c1. The summed E-state index contributed by atoms with van der Waals surface area (Å²) < 4.78 is 0. The van der Waals surface area contributed by atoms with E-state index in [4.69, 9.17) is 21.8 Å². The minimum absolute atomic E-state index is 0.0254. The van der Waals surface area contributed by atoms with Crippen LogP contribution in [0.2, 0.25) is 5.02 Å². The maximum atomic E-state index is 10.4. The normalized spacial score (nSPS) is 14.2. The molecule has 1 aromatic rings. The van der Waals surface area contributed by atoms with E-state index in [1.807, 2.05) is 0 Å². The Kier molecular flexibility index (Phi) is 4.00. The van der Waals surface area contributed by atoms with Crippen molar-refractivity contribution in [3.05, 3.63) is 34.3 Å². The number of benzene rings is 1. The Morgan fingerprint density at radius 2 is 2.00 bits per heavy atom. The highest BCUT2D eigenvalue weighted by atomic mass is 35.5. The molecule has 0 aliphatic rings. The summed E-state index contributed by atoms with van der Waals surface area (Å²) in [5, 5.41) is 27.1. The van der Waals surface area contributed by atoms with E-state index in [1.54, 1.807) is 0 Å². The highest BCUT2D eigenvalue weighted by Gasteiger charge is 2.26. The fraction of sp³-hybridized carbons (Fsp3) is 0.200. The molecule has 0 bridgehead atoms. The molecule has 0 aliphatic carbocycles. The summed E-state index contributed by atoms with van der Waals surface area (Å²) in [6.45, 7) is 0. The highest BCUT2D eigenvalue weighted by molar-refractivity contribution is 6.31. The summed E-state index contributed by atoms with van der Waals surface area (Å²) in [5.41, 5.74) is 0.355. The van der Waals surface area contributed by atoms with E-state index in [2.05, 4.69) is 0 Å². The molecule has 0 amide bonds. The Balaban J connectivity index is 3.04. The lowest BCUT2D eigenvalue weighted by Crippen LogP contribution is -2.27. The van der Waals surface area contributed by atoms with E-state index in [0.29, 0.717) is 11.8 Å². The minimum Gasteiger partial charge on any atom is -0.479 e. The van der Waals surface area contributed by atoms with Gasteiger partial charge in [-0.15, -0.1) is 0 Å². The third-order valence-corrected chi connectivity index (χ3v) is 2.36. The predicted octanol–water partition coefficient (Wildman–Crippen LogP) is 0.631. The number of aliphatic hydroxyl groups excluding tert-OH is 2. The number of halogens is 1. The molecule has 0 aromatic heterocycles. The molecule has 0 radical (unpaired) electrons. The summed E-state index contributed by atoms with van der Waals surface area (Å²) in [6.07, 6.45) is -3.03. The summed E-state index contributed by atoms with van der Waals surface area (Å²) in [4.78, 5) is 20.9. The largest absolute Gasteiger partial charge is 0.479 e. The van der Waals surface area contributed by atoms with Gasteiger partial charge in [-0.1, -0.05) is 23.7 Å². The summed E-state index contributed by atoms with van der Waals surface area (Å²) >= 11 is 5.73. The average molecular weight is 245 g/mol. The summed E-state index contributed by atoms with van der Waals surface area (Å²) in [6, 6.07) is 3.94. The van der Waals surface area contributed by atoms with Crippen LogP contribution in [0.1, 0.15) is 22.0 Å². The van der Waals surface area contributed by atoms with Crippen LogP contribution in [0.15, 0.2) is 18.2 Å². The molecular formula is C10H9ClO5. The molecule has 16 heavy (non-hydrogen) atoms. The van der Waals surface area contributed by atoms with E-state index in [1.165, 1.54) is 18.2 Å². The average Bonchev–Trinajstić information content (AvgIpc) is 2.26. The number of carboxylic acids is 1. The van der Waals surface area contributed by atoms with Crippen LogP contribution in [0.3, 0.4) is 0 Å². The number of carbonyl (C=O) groups is 2. The van der Waals surface area contributed by atoms with Crippen LogP contribution >= 0.6 is 11.6 Å². The number of aldehydes is 1. The Bertz CT molecular complexity index is 418. The number of carboxylic acid groups (broad SMARTS) is 1. The Labute approximate surface area is 95.9 Å². The fourth-order valence-corrected chi connectivity index (χ4v) is 1.46. The van der Waals surface area contributed by atoms with Crippen LogP contribution in [-0.2, 0) is 4.79 Å². The van der Waals surface area contributed by atoms with E-state index in [0.717, 1.165) is 0 Å². The first-order chi connectivity index (χ1) is 7.47. The smallest absolute Gasteiger partial charge is 0.335 e. The molecule has 2 unspecified atom stereocenters. The second-order valence-corrected chi connectivity index (χ2v) is 3.53. The standard InChI is InChI=1S/C10H9ClO5/c11-7-3-5(4-12)1-2-6(7)8(13)9(14)10(15)16/h1-4,8-9,13-14H,(H,15,16). The molecule has 0 aliphatic heterocycles. The van der Waals surface area contributed by atoms with E-state index in [9.17, 15) is 14.7 Å². The maximum absolute atomic E-state index is 10.4. The van der Waals surface area contributed by atoms with Gasteiger partial charge in [0.2, 0.25) is 0 Å². The summed E-state index contributed by atoms with van der Waals surface area (Å²) in [7, 11) is 0. The van der Waals surface area contributed by atoms with Crippen LogP contribution in [0.4, 0.5) is 0 Å². The lowest BCUT2D eigenvalue weighted by molar-refractivity contribution is -0.153. The molecular weight excluding hydrogens is 236 g/mol. The third-order valence-electron chi connectivity index (χ3n) is 2.03. The van der Waals surface area contributed by atoms with Crippen molar-refractivity contribution >= 4 is 23.9 Å². The van der Waals surface area contributed by atoms with Crippen LogP contribution < -0.4 is 0 Å². The predicted molar refractivity (Wildman–Crippen MR) is 55.4 cm³/mol. The van der Waals surface area contributed by atoms with Gasteiger partial charge in [0, 0.05) is 16.1 Å². The molecule has 86 valence electrons. The third kappa shape index (κ3) is 2.57. The number of rotatable bonds is 4. The lowest BCUT2D eigenvalue weighted by Gasteiger charge is -2.15. The van der Waals surface area contributed by atoms with Crippen molar-refractivity contribution in [3.8, 4) is 0 Å². The molecule has 5 nitrogen and oxygen atoms in total. The Morgan fingerprint density at radius 3 is 2.44 bits per heavy atom. The molecule has 1 aromatic carbocycles. The van der Waals surface area contributed by atoms with Crippen LogP contribution in [0.5, 0.6) is 0 Å². The zero-order chi connectivity index (χ0) is 12.3. The van der Waals surface area contributed by atoms with Gasteiger partial charge in [-0.25, -0.2) is 4.79 Å². The Hall–Kier alpha value is -1.43. The summed E-state index contributed by atoms with van der Waals surface area (Å²) in [5.74, 6) is -1.55. The van der Waals surface area contributed by atoms with Crippen molar-refractivity contribution in [2.24, 2.45) is 0 Å². The van der Waals surface area contributed by atoms with E-state index >= 15 is 0 Å². The van der Waals surface area contributed by atoms with Gasteiger partial charge in [-0.3, -0.25) is 4.79 Å². The van der Waals surface area contributed by atoms with Gasteiger partial charge in [-0.2, -0.15) is 0 Å². The van der Waals surface area contributed by atoms with Crippen molar-refractivity contribution in [2.45, 2.75) is 12.2 Å². The van der Waals surface area contributed by atoms with E-state index in [-0.39, 0.29) is 10.6 Å². The molecule has 1 rings (SSSR count). The molecule has 0 saturated heterocycles. The number of aliphatic carboxylic acids is 1. The molecule has 3 N–H and O–H groups in total. The first-order valence-corrected chi connectivity index (χ1v) is 4.68. The number of carbonyl (C=O) groups excluding carboxylic acids is 1. The molecule has 0 spiro atoms. The minimum atomic E-state index is -1.96. The van der Waals surface area contributed by atoms with Crippen LogP contribution in [-0.4, -0.2) is 33.7 Å². The van der Waals surface area contributed by atoms with Crippen LogP contribution in [0.25, 0.3) is 0 Å². The van der Waals surface area contributed by atoms with Crippen molar-refractivity contribution in [1.29, 1.82) is 0 Å². The number of aliphatic hydroxyl groups is 2. The second-order valence-electron chi connectivity index (χ2n) is 3.13. The monoisotopic (exact) mass is 244 g/mol. The number of hydrogen-bond acceptors (Lipinski definition) is 4. The highest BCUT2D eigenvalue weighted by Crippen LogP contribution is 2.26. The molecule has 6 heteroatoms. The van der Waals surface area contributed by atoms with Gasteiger partial charge in [0.25, 0.3) is 0 Å². The fourth-order valence-electron chi connectivity index (χ4n) is 1.16. The van der Waals surface area contributed by atoms with Gasteiger partial charge in [0.15, 0.2) is 6.10 Å². The molecule has 0 saturated carbocycles. The molecule has 0 fully saturated rings. The van der Waals surface area contributed by atoms with Crippen molar-refractivity contribution < 1.29 is 24.9 Å². The van der Waals surface area contributed by atoms with E-state index < -0.39 is 18.2 Å². The van der Waals surface area contributed by atoms with Crippen molar-refractivity contribution in [2.75, 3.05) is 0 Å². The van der Waals surface area contributed by atoms with Gasteiger partial charge < -0.3 is 15.3 Å². The lowest BCUT2D eigenvalue weighted by atomic mass is 10.0. The van der Waals surface area contributed by atoms with Crippen molar-refractivity contribution in [3.63, 3.8) is 0 Å².